The van der Waals surface area contributed by atoms with Crippen LogP contribution < -0.4 is 15.4 Å². The topological polar surface area (TPSA) is 73.8 Å². The Kier molecular flexibility index (Phi) is 7.35. The van der Waals surface area contributed by atoms with Crippen molar-refractivity contribution >= 4 is 23.5 Å². The van der Waals surface area contributed by atoms with E-state index in [2.05, 4.69) is 16.7 Å². The van der Waals surface area contributed by atoms with Crippen LogP contribution >= 0.6 is 0 Å². The molecule has 4 aromatic carbocycles. The number of phenolic OH excluding ortho intramolecular Hbond substituents is 2. The standard InChI is InChI=1S/C29H28N2O3/c1-34-26-10-6-7-21(17-26)13-14-22-15-16-25(30-19-23-8-2-4-11-28(23)32)18-27(22)31-20-24-9-3-5-12-29(24)33/h2-18,30-33H,19-20H2,1H3/b14-13+. The fourth-order valence-electron chi connectivity index (χ4n) is 3.60. The van der Waals surface area contributed by atoms with Crippen molar-refractivity contribution in [1.82, 2.24) is 0 Å². The Morgan fingerprint density at radius 3 is 2.06 bits per heavy atom. The van der Waals surface area contributed by atoms with Gasteiger partial charge in [0.25, 0.3) is 0 Å². The first-order chi connectivity index (χ1) is 16.6. The normalized spacial score (nSPS) is 10.9. The number of rotatable bonds is 9. The molecular formula is C29H28N2O3. The molecule has 4 rings (SSSR count). The van der Waals surface area contributed by atoms with E-state index in [1.807, 2.05) is 84.9 Å². The zero-order chi connectivity index (χ0) is 23.8. The second-order valence-electron chi connectivity index (χ2n) is 7.88. The van der Waals surface area contributed by atoms with Gasteiger partial charge in [0.05, 0.1) is 7.11 Å². The summed E-state index contributed by atoms with van der Waals surface area (Å²) >= 11 is 0. The molecule has 0 fully saturated rings. The van der Waals surface area contributed by atoms with Crippen LogP contribution in [-0.4, -0.2) is 17.3 Å². The summed E-state index contributed by atoms with van der Waals surface area (Å²) in [7, 11) is 1.66. The summed E-state index contributed by atoms with van der Waals surface area (Å²) in [5, 5.41) is 27.0. The van der Waals surface area contributed by atoms with E-state index in [1.165, 1.54) is 0 Å². The number of nitrogens with one attached hydrogen (secondary N) is 2. The van der Waals surface area contributed by atoms with Crippen molar-refractivity contribution in [1.29, 1.82) is 0 Å². The first kappa shape index (κ1) is 22.8. The van der Waals surface area contributed by atoms with Gasteiger partial charge in [0.15, 0.2) is 0 Å². The third-order valence-corrected chi connectivity index (χ3v) is 5.54. The summed E-state index contributed by atoms with van der Waals surface area (Å²) < 4.78 is 5.32. The van der Waals surface area contributed by atoms with Crippen LogP contribution in [0.2, 0.25) is 0 Å². The van der Waals surface area contributed by atoms with Crippen LogP contribution in [0.25, 0.3) is 12.2 Å². The van der Waals surface area contributed by atoms with Crippen LogP contribution in [0.3, 0.4) is 0 Å². The zero-order valence-electron chi connectivity index (χ0n) is 19.0. The molecule has 0 saturated carbocycles. The van der Waals surface area contributed by atoms with Gasteiger partial charge in [-0.05, 0) is 47.5 Å². The third-order valence-electron chi connectivity index (χ3n) is 5.54. The lowest BCUT2D eigenvalue weighted by Gasteiger charge is -2.14. The number of ether oxygens (including phenoxy) is 1. The molecule has 0 aliphatic rings. The van der Waals surface area contributed by atoms with E-state index in [9.17, 15) is 10.2 Å². The summed E-state index contributed by atoms with van der Waals surface area (Å²) in [5.74, 6) is 1.34. The van der Waals surface area contributed by atoms with Crippen LogP contribution in [0.15, 0.2) is 91.0 Å². The van der Waals surface area contributed by atoms with Gasteiger partial charge >= 0.3 is 0 Å². The highest BCUT2D eigenvalue weighted by Gasteiger charge is 2.06. The molecule has 4 N–H and O–H groups in total. The number of anilines is 2. The Morgan fingerprint density at radius 1 is 0.706 bits per heavy atom. The van der Waals surface area contributed by atoms with E-state index < -0.39 is 0 Å². The number of para-hydroxylation sites is 2. The van der Waals surface area contributed by atoms with Gasteiger partial charge in [-0.25, -0.2) is 0 Å². The molecule has 0 bridgehead atoms. The molecule has 0 aliphatic heterocycles. The van der Waals surface area contributed by atoms with Crippen LogP contribution in [-0.2, 0) is 13.1 Å². The molecule has 0 spiro atoms. The molecule has 4 aromatic rings. The summed E-state index contributed by atoms with van der Waals surface area (Å²) in [6.45, 7) is 0.986. The number of hydrogen-bond acceptors (Lipinski definition) is 5. The highest BCUT2D eigenvalue weighted by molar-refractivity contribution is 5.79. The number of benzene rings is 4. The molecule has 0 aliphatic carbocycles. The maximum Gasteiger partial charge on any atom is 0.120 e. The minimum atomic E-state index is 0.261. The van der Waals surface area contributed by atoms with Gasteiger partial charge in [-0.2, -0.15) is 0 Å². The van der Waals surface area contributed by atoms with Crippen molar-refractivity contribution in [3.05, 3.63) is 113 Å². The monoisotopic (exact) mass is 452 g/mol. The van der Waals surface area contributed by atoms with Crippen LogP contribution in [0.4, 0.5) is 11.4 Å². The Bertz CT molecular complexity index is 1280. The van der Waals surface area contributed by atoms with Gasteiger partial charge in [0, 0.05) is 35.6 Å². The average Bonchev–Trinajstić information content (AvgIpc) is 2.87. The van der Waals surface area contributed by atoms with E-state index in [-0.39, 0.29) is 11.5 Å². The molecule has 0 heterocycles. The van der Waals surface area contributed by atoms with E-state index in [0.29, 0.717) is 13.1 Å². The first-order valence-corrected chi connectivity index (χ1v) is 11.1. The Hall–Kier alpha value is -4.38. The van der Waals surface area contributed by atoms with Gasteiger partial charge in [-0.15, -0.1) is 0 Å². The molecule has 0 unspecified atom stereocenters. The lowest BCUT2D eigenvalue weighted by molar-refractivity contribution is 0.414. The largest absolute Gasteiger partial charge is 0.508 e. The van der Waals surface area contributed by atoms with Gasteiger partial charge < -0.3 is 25.6 Å². The molecular weight excluding hydrogens is 424 g/mol. The molecule has 0 radical (unpaired) electrons. The number of methoxy groups -OCH3 is 1. The van der Waals surface area contributed by atoms with Crippen molar-refractivity contribution in [2.24, 2.45) is 0 Å². The number of phenols is 2. The number of aromatic hydroxyl groups is 2. The molecule has 0 saturated heterocycles. The zero-order valence-corrected chi connectivity index (χ0v) is 19.0. The van der Waals surface area contributed by atoms with Crippen LogP contribution in [0.5, 0.6) is 17.2 Å². The van der Waals surface area contributed by atoms with Crippen LogP contribution in [0, 0.1) is 0 Å². The van der Waals surface area contributed by atoms with Gasteiger partial charge in [-0.1, -0.05) is 66.7 Å². The van der Waals surface area contributed by atoms with Crippen molar-refractivity contribution in [3.63, 3.8) is 0 Å². The molecule has 172 valence electrons. The minimum Gasteiger partial charge on any atom is -0.508 e. The molecule has 34 heavy (non-hydrogen) atoms. The fraction of sp³-hybridized carbons (Fsp3) is 0.103. The van der Waals surface area contributed by atoms with E-state index >= 15 is 0 Å². The summed E-state index contributed by atoms with van der Waals surface area (Å²) in [4.78, 5) is 0. The Morgan fingerprint density at radius 2 is 1.38 bits per heavy atom. The highest BCUT2D eigenvalue weighted by Crippen LogP contribution is 2.27. The minimum absolute atomic E-state index is 0.261. The van der Waals surface area contributed by atoms with Crippen molar-refractivity contribution in [2.75, 3.05) is 17.7 Å². The van der Waals surface area contributed by atoms with E-state index in [4.69, 9.17) is 4.74 Å². The van der Waals surface area contributed by atoms with E-state index in [0.717, 1.165) is 39.4 Å². The molecule has 0 amide bonds. The lowest BCUT2D eigenvalue weighted by atomic mass is 10.1. The SMILES string of the molecule is COc1cccc(/C=C/c2ccc(NCc3ccccc3O)cc2NCc2ccccc2O)c1. The third kappa shape index (κ3) is 5.90. The fourth-order valence-corrected chi connectivity index (χ4v) is 3.60. The van der Waals surface area contributed by atoms with Gasteiger partial charge in [-0.3, -0.25) is 0 Å². The lowest BCUT2D eigenvalue weighted by Crippen LogP contribution is -2.04. The van der Waals surface area contributed by atoms with Crippen molar-refractivity contribution in [3.8, 4) is 17.2 Å². The second kappa shape index (κ2) is 11.0. The molecule has 0 atom stereocenters. The van der Waals surface area contributed by atoms with Crippen LogP contribution in [0.1, 0.15) is 22.3 Å². The summed E-state index contributed by atoms with van der Waals surface area (Å²) in [5.41, 5.74) is 5.52. The molecule has 0 aromatic heterocycles. The first-order valence-electron chi connectivity index (χ1n) is 11.1. The maximum absolute atomic E-state index is 10.1. The predicted molar refractivity (Wildman–Crippen MR) is 139 cm³/mol. The van der Waals surface area contributed by atoms with Crippen molar-refractivity contribution < 1.29 is 14.9 Å². The smallest absolute Gasteiger partial charge is 0.120 e. The maximum atomic E-state index is 10.1. The Labute approximate surface area is 200 Å². The summed E-state index contributed by atoms with van der Waals surface area (Å²) in [6.07, 6.45) is 4.09. The number of hydrogen-bond donors (Lipinski definition) is 4. The van der Waals surface area contributed by atoms with Gasteiger partial charge in [0.1, 0.15) is 17.2 Å². The quantitative estimate of drug-likeness (QED) is 0.218. The highest BCUT2D eigenvalue weighted by atomic mass is 16.5. The Balaban J connectivity index is 1.57. The predicted octanol–water partition coefficient (Wildman–Crippen LogP) is 6.50. The van der Waals surface area contributed by atoms with Crippen molar-refractivity contribution in [2.45, 2.75) is 13.1 Å². The second-order valence-corrected chi connectivity index (χ2v) is 7.88. The summed E-state index contributed by atoms with van der Waals surface area (Å²) in [6, 6.07) is 28.6. The van der Waals surface area contributed by atoms with Gasteiger partial charge in [0.2, 0.25) is 0 Å². The van der Waals surface area contributed by atoms with E-state index in [1.54, 1.807) is 19.2 Å². The molecule has 5 heteroatoms. The molecule has 5 nitrogen and oxygen atoms in total. The average molecular weight is 453 g/mol.